The molecular formula is C16H15Cl3N4. The third-order valence-electron chi connectivity index (χ3n) is 3.19. The minimum Gasteiger partial charge on any atom is -0.384 e. The third kappa shape index (κ3) is 4.26. The summed E-state index contributed by atoms with van der Waals surface area (Å²) in [6, 6.07) is 13.1. The van der Waals surface area contributed by atoms with Gasteiger partial charge in [0.05, 0.1) is 0 Å². The van der Waals surface area contributed by atoms with Crippen LogP contribution in [-0.2, 0) is 0 Å². The Bertz CT molecular complexity index is 774. The molecule has 0 aliphatic rings. The van der Waals surface area contributed by atoms with Crippen LogP contribution in [0.3, 0.4) is 0 Å². The van der Waals surface area contributed by atoms with E-state index in [4.69, 9.17) is 23.1 Å². The van der Waals surface area contributed by atoms with Crippen LogP contribution in [0.4, 0.5) is 11.6 Å². The van der Waals surface area contributed by atoms with Gasteiger partial charge >= 0.3 is 0 Å². The molecule has 2 heterocycles. The molecule has 3 aromatic rings. The van der Waals surface area contributed by atoms with Crippen LogP contribution in [-0.4, -0.2) is 9.97 Å². The Labute approximate surface area is 151 Å². The first kappa shape index (κ1) is 19.0. The van der Waals surface area contributed by atoms with E-state index in [1.54, 1.807) is 18.5 Å². The molecule has 0 spiro atoms. The highest BCUT2D eigenvalue weighted by Gasteiger charge is 2.07. The average molecular weight is 370 g/mol. The Kier molecular flexibility index (Phi) is 6.63. The van der Waals surface area contributed by atoms with E-state index in [9.17, 15) is 0 Å². The molecule has 0 saturated heterocycles. The predicted molar refractivity (Wildman–Crippen MR) is 101 cm³/mol. The second-order valence-corrected chi connectivity index (χ2v) is 5.07. The molecule has 0 unspecified atom stereocenters. The van der Waals surface area contributed by atoms with E-state index in [1.807, 2.05) is 36.4 Å². The smallest absolute Gasteiger partial charge is 0.131 e. The number of hydrogen-bond acceptors (Lipinski definition) is 4. The van der Waals surface area contributed by atoms with Gasteiger partial charge in [0.1, 0.15) is 11.6 Å². The molecule has 4 N–H and O–H groups in total. The van der Waals surface area contributed by atoms with E-state index in [0.717, 1.165) is 22.3 Å². The van der Waals surface area contributed by atoms with Gasteiger partial charge in [-0.05, 0) is 35.9 Å². The quantitative estimate of drug-likeness (QED) is 0.698. The van der Waals surface area contributed by atoms with Crippen molar-refractivity contribution in [3.8, 4) is 22.3 Å². The van der Waals surface area contributed by atoms with Crippen molar-refractivity contribution in [3.05, 3.63) is 59.9 Å². The zero-order valence-electron chi connectivity index (χ0n) is 11.9. The molecule has 0 amide bonds. The maximum Gasteiger partial charge on any atom is 0.131 e. The number of rotatable bonds is 2. The molecule has 0 bridgehead atoms. The summed E-state index contributed by atoms with van der Waals surface area (Å²) in [5.74, 6) is 0.963. The van der Waals surface area contributed by atoms with Crippen molar-refractivity contribution in [1.82, 2.24) is 9.97 Å². The van der Waals surface area contributed by atoms with Gasteiger partial charge in [0.15, 0.2) is 0 Å². The highest BCUT2D eigenvalue weighted by atomic mass is 35.5. The van der Waals surface area contributed by atoms with Crippen LogP contribution < -0.4 is 11.5 Å². The van der Waals surface area contributed by atoms with Crippen molar-refractivity contribution in [2.75, 3.05) is 11.5 Å². The fourth-order valence-electron chi connectivity index (χ4n) is 2.07. The number of nitrogens with two attached hydrogens (primary N) is 2. The maximum atomic E-state index is 5.98. The van der Waals surface area contributed by atoms with E-state index in [0.29, 0.717) is 16.7 Å². The van der Waals surface area contributed by atoms with Crippen molar-refractivity contribution >= 4 is 48.1 Å². The van der Waals surface area contributed by atoms with Crippen molar-refractivity contribution < 1.29 is 0 Å². The maximum absolute atomic E-state index is 5.98. The molecule has 1 aromatic carbocycles. The monoisotopic (exact) mass is 368 g/mol. The molecule has 2 aromatic heterocycles. The van der Waals surface area contributed by atoms with Gasteiger partial charge in [0.25, 0.3) is 0 Å². The van der Waals surface area contributed by atoms with Crippen LogP contribution in [0.5, 0.6) is 0 Å². The third-order valence-corrected chi connectivity index (χ3v) is 3.45. The SMILES string of the molecule is Cl.Cl.Nc1ccc(-c2cnc(N)c(-c3ccc(Cl)cc3)c2)cn1. The first-order valence-corrected chi connectivity index (χ1v) is 6.74. The molecule has 0 fully saturated rings. The Morgan fingerprint density at radius 2 is 1.35 bits per heavy atom. The van der Waals surface area contributed by atoms with Crippen LogP contribution in [0.1, 0.15) is 0 Å². The Morgan fingerprint density at radius 3 is 1.96 bits per heavy atom. The van der Waals surface area contributed by atoms with Gasteiger partial charge in [-0.25, -0.2) is 9.97 Å². The van der Waals surface area contributed by atoms with Crippen molar-refractivity contribution in [1.29, 1.82) is 0 Å². The minimum absolute atomic E-state index is 0. The lowest BCUT2D eigenvalue weighted by atomic mass is 10.0. The second kappa shape index (κ2) is 8.02. The topological polar surface area (TPSA) is 77.8 Å². The molecular weight excluding hydrogens is 355 g/mol. The van der Waals surface area contributed by atoms with Gasteiger partial charge in [-0.15, -0.1) is 24.8 Å². The molecule has 4 nitrogen and oxygen atoms in total. The number of anilines is 2. The van der Waals surface area contributed by atoms with Crippen molar-refractivity contribution in [3.63, 3.8) is 0 Å². The zero-order valence-corrected chi connectivity index (χ0v) is 14.3. The largest absolute Gasteiger partial charge is 0.384 e. The van der Waals surface area contributed by atoms with Crippen LogP contribution in [0.2, 0.25) is 5.02 Å². The average Bonchev–Trinajstić information content (AvgIpc) is 2.50. The van der Waals surface area contributed by atoms with Gasteiger partial charge < -0.3 is 11.5 Å². The van der Waals surface area contributed by atoms with Crippen LogP contribution >= 0.6 is 36.4 Å². The van der Waals surface area contributed by atoms with E-state index in [-0.39, 0.29) is 24.8 Å². The summed E-state index contributed by atoms with van der Waals surface area (Å²) in [4.78, 5) is 8.36. The fourth-order valence-corrected chi connectivity index (χ4v) is 2.20. The number of nitrogens with zero attached hydrogens (tertiary/aromatic N) is 2. The summed E-state index contributed by atoms with van der Waals surface area (Å²) >= 11 is 5.91. The molecule has 23 heavy (non-hydrogen) atoms. The van der Waals surface area contributed by atoms with Gasteiger partial charge in [-0.1, -0.05) is 23.7 Å². The number of halogens is 3. The molecule has 120 valence electrons. The van der Waals surface area contributed by atoms with E-state index >= 15 is 0 Å². The fraction of sp³-hybridized carbons (Fsp3) is 0. The van der Waals surface area contributed by atoms with Crippen molar-refractivity contribution in [2.45, 2.75) is 0 Å². The Hall–Kier alpha value is -2.01. The summed E-state index contributed by atoms with van der Waals surface area (Å²) in [5, 5.41) is 0.684. The number of hydrogen-bond donors (Lipinski definition) is 2. The lowest BCUT2D eigenvalue weighted by molar-refractivity contribution is 1.31. The predicted octanol–water partition coefficient (Wildman–Crippen LogP) is 4.47. The Balaban J connectivity index is 0.00000132. The minimum atomic E-state index is 0. The highest BCUT2D eigenvalue weighted by molar-refractivity contribution is 6.30. The standard InChI is InChI=1S/C16H13ClN4.2ClH/c17-13-4-1-10(2-5-13)14-7-12(9-21-16(14)19)11-3-6-15(18)20-8-11;;/h1-9H,(H2,18,20)(H2,19,21);2*1H. The van der Waals surface area contributed by atoms with Gasteiger partial charge in [0.2, 0.25) is 0 Å². The number of pyridine rings is 2. The van der Waals surface area contributed by atoms with Crippen LogP contribution in [0, 0.1) is 0 Å². The van der Waals surface area contributed by atoms with Gasteiger partial charge in [0, 0.05) is 34.1 Å². The molecule has 3 rings (SSSR count). The molecule has 0 radical (unpaired) electrons. The molecule has 0 atom stereocenters. The first-order chi connectivity index (χ1) is 10.1. The van der Waals surface area contributed by atoms with Crippen LogP contribution in [0.15, 0.2) is 54.9 Å². The van der Waals surface area contributed by atoms with E-state index in [1.165, 1.54) is 0 Å². The summed E-state index contributed by atoms with van der Waals surface area (Å²) < 4.78 is 0. The lowest BCUT2D eigenvalue weighted by Crippen LogP contribution is -1.95. The lowest BCUT2D eigenvalue weighted by Gasteiger charge is -2.08. The highest BCUT2D eigenvalue weighted by Crippen LogP contribution is 2.30. The van der Waals surface area contributed by atoms with Crippen LogP contribution in [0.25, 0.3) is 22.3 Å². The molecule has 7 heteroatoms. The summed E-state index contributed by atoms with van der Waals surface area (Å²) in [6.45, 7) is 0. The summed E-state index contributed by atoms with van der Waals surface area (Å²) in [6.07, 6.45) is 3.44. The second-order valence-electron chi connectivity index (χ2n) is 4.64. The number of nitrogen functional groups attached to an aromatic ring is 2. The van der Waals surface area contributed by atoms with Gasteiger partial charge in [-0.3, -0.25) is 0 Å². The normalized spacial score (nSPS) is 9.61. The number of benzene rings is 1. The Morgan fingerprint density at radius 1 is 0.739 bits per heavy atom. The molecule has 0 aliphatic heterocycles. The summed E-state index contributed by atoms with van der Waals surface area (Å²) in [7, 11) is 0. The summed E-state index contributed by atoms with van der Waals surface area (Å²) in [5.41, 5.74) is 15.3. The molecule has 0 aliphatic carbocycles. The zero-order chi connectivity index (χ0) is 14.8. The van der Waals surface area contributed by atoms with Crippen molar-refractivity contribution in [2.24, 2.45) is 0 Å². The van der Waals surface area contributed by atoms with E-state index < -0.39 is 0 Å². The molecule has 0 saturated carbocycles. The first-order valence-electron chi connectivity index (χ1n) is 6.37. The van der Waals surface area contributed by atoms with E-state index in [2.05, 4.69) is 9.97 Å². The van der Waals surface area contributed by atoms with Gasteiger partial charge in [-0.2, -0.15) is 0 Å². The number of aromatic nitrogens is 2.